The molecule has 2 aromatic carbocycles. The predicted octanol–water partition coefficient (Wildman–Crippen LogP) is 3.95. The number of carbonyl (C=O) groups is 1. The Labute approximate surface area is 189 Å². The number of carbonyl (C=O) groups excluding carboxylic acids is 1. The summed E-state index contributed by atoms with van der Waals surface area (Å²) in [5, 5.41) is 3.94. The molecule has 0 saturated heterocycles. The molecular formula is C23H20Cl2N2O4. The van der Waals surface area contributed by atoms with Gasteiger partial charge >= 0.3 is 0 Å². The molecule has 31 heavy (non-hydrogen) atoms. The van der Waals surface area contributed by atoms with Crippen molar-refractivity contribution in [1.29, 1.82) is 0 Å². The van der Waals surface area contributed by atoms with E-state index in [-0.39, 0.29) is 18.0 Å². The minimum absolute atomic E-state index is 0.206. The van der Waals surface area contributed by atoms with Crippen LogP contribution in [0.4, 0.5) is 0 Å². The van der Waals surface area contributed by atoms with Crippen LogP contribution in [0.3, 0.4) is 0 Å². The summed E-state index contributed by atoms with van der Waals surface area (Å²) >= 11 is 12.5. The van der Waals surface area contributed by atoms with Gasteiger partial charge in [-0.1, -0.05) is 41.4 Å². The van der Waals surface area contributed by atoms with Crippen LogP contribution < -0.4 is 20.3 Å². The summed E-state index contributed by atoms with van der Waals surface area (Å²) in [6.45, 7) is 1.64. The highest BCUT2D eigenvalue weighted by Gasteiger charge is 2.17. The van der Waals surface area contributed by atoms with Crippen molar-refractivity contribution < 1.29 is 14.3 Å². The van der Waals surface area contributed by atoms with E-state index >= 15 is 0 Å². The van der Waals surface area contributed by atoms with E-state index in [1.54, 1.807) is 12.3 Å². The Balaban J connectivity index is 1.41. The molecule has 0 atom stereocenters. The van der Waals surface area contributed by atoms with E-state index in [9.17, 15) is 9.59 Å². The zero-order chi connectivity index (χ0) is 21.8. The highest BCUT2D eigenvalue weighted by atomic mass is 35.5. The van der Waals surface area contributed by atoms with Gasteiger partial charge in [-0.15, -0.1) is 0 Å². The van der Waals surface area contributed by atoms with Crippen molar-refractivity contribution >= 4 is 29.1 Å². The monoisotopic (exact) mass is 458 g/mol. The van der Waals surface area contributed by atoms with Crippen LogP contribution in [-0.4, -0.2) is 30.2 Å². The number of benzene rings is 2. The molecule has 1 aliphatic heterocycles. The lowest BCUT2D eigenvalue weighted by atomic mass is 10.1. The second-order valence-corrected chi connectivity index (χ2v) is 7.90. The van der Waals surface area contributed by atoms with Crippen LogP contribution in [0.25, 0.3) is 0 Å². The Morgan fingerprint density at radius 1 is 1.03 bits per heavy atom. The molecule has 0 aliphatic carbocycles. The van der Waals surface area contributed by atoms with E-state index in [1.165, 1.54) is 16.7 Å². The summed E-state index contributed by atoms with van der Waals surface area (Å²) in [5.74, 6) is 0.907. The molecule has 160 valence electrons. The van der Waals surface area contributed by atoms with Crippen LogP contribution in [0.1, 0.15) is 21.5 Å². The Kier molecular flexibility index (Phi) is 6.49. The number of amides is 1. The molecule has 0 unspecified atom stereocenters. The minimum Gasteiger partial charge on any atom is -0.486 e. The van der Waals surface area contributed by atoms with E-state index in [4.69, 9.17) is 32.7 Å². The molecule has 1 N–H and O–H groups in total. The third-order valence-corrected chi connectivity index (χ3v) is 5.55. The van der Waals surface area contributed by atoms with E-state index in [1.807, 2.05) is 30.3 Å². The maximum Gasteiger partial charge on any atom is 0.252 e. The van der Waals surface area contributed by atoms with Gasteiger partial charge < -0.3 is 19.4 Å². The van der Waals surface area contributed by atoms with Crippen LogP contribution >= 0.6 is 23.2 Å². The lowest BCUT2D eigenvalue weighted by molar-refractivity contribution is 0.0953. The van der Waals surface area contributed by atoms with Crippen molar-refractivity contribution in [2.24, 2.45) is 0 Å². The number of fused-ring (bicyclic) bond motifs is 1. The minimum atomic E-state index is -0.267. The largest absolute Gasteiger partial charge is 0.486 e. The highest BCUT2D eigenvalue weighted by molar-refractivity contribution is 6.32. The van der Waals surface area contributed by atoms with Crippen LogP contribution in [0.15, 0.2) is 59.5 Å². The molecule has 1 aliphatic rings. The lowest BCUT2D eigenvalue weighted by Crippen LogP contribution is -2.28. The lowest BCUT2D eigenvalue weighted by Gasteiger charge is -2.20. The zero-order valence-electron chi connectivity index (χ0n) is 16.6. The molecular weight excluding hydrogens is 439 g/mol. The van der Waals surface area contributed by atoms with Crippen LogP contribution in [0.2, 0.25) is 10.0 Å². The third kappa shape index (κ3) is 5.03. The Morgan fingerprint density at radius 2 is 1.84 bits per heavy atom. The standard InChI is InChI=1S/C23H20Cl2N2O4/c24-18-4-2-1-3-16(18)13-27-14-17(5-6-21(27)28)23(29)26-8-7-15-11-19(25)22-20(12-15)30-9-10-31-22/h1-6,11-12,14H,7-10,13H2,(H,26,29). The van der Waals surface area contributed by atoms with Gasteiger partial charge in [0.1, 0.15) is 13.2 Å². The summed E-state index contributed by atoms with van der Waals surface area (Å²) < 4.78 is 12.6. The normalized spacial score (nSPS) is 12.5. The molecule has 8 heteroatoms. The molecule has 0 bridgehead atoms. The second kappa shape index (κ2) is 9.45. The van der Waals surface area contributed by atoms with Crippen LogP contribution in [0.5, 0.6) is 11.5 Å². The van der Waals surface area contributed by atoms with Gasteiger partial charge in [-0.2, -0.15) is 0 Å². The Hall–Kier alpha value is -2.96. The molecule has 0 spiro atoms. The SMILES string of the molecule is O=C(NCCc1cc(Cl)c2c(c1)OCCO2)c1ccc(=O)n(Cc2ccccc2Cl)c1. The fourth-order valence-electron chi connectivity index (χ4n) is 3.33. The number of aromatic nitrogens is 1. The van der Waals surface area contributed by atoms with Gasteiger partial charge in [0.2, 0.25) is 0 Å². The summed E-state index contributed by atoms with van der Waals surface area (Å²) in [5.41, 5.74) is 1.92. The van der Waals surface area contributed by atoms with Gasteiger partial charge in [0.05, 0.1) is 17.1 Å². The molecule has 4 rings (SSSR count). The van der Waals surface area contributed by atoms with Gasteiger partial charge in [-0.05, 0) is 41.8 Å². The molecule has 1 aromatic heterocycles. The number of ether oxygens (including phenoxy) is 2. The fraction of sp³-hybridized carbons (Fsp3) is 0.217. The fourth-order valence-corrected chi connectivity index (χ4v) is 3.81. The van der Waals surface area contributed by atoms with Crippen molar-refractivity contribution in [2.75, 3.05) is 19.8 Å². The number of pyridine rings is 1. The topological polar surface area (TPSA) is 69.6 Å². The van der Waals surface area contributed by atoms with E-state index in [0.717, 1.165) is 11.1 Å². The average molecular weight is 459 g/mol. The van der Waals surface area contributed by atoms with E-state index in [2.05, 4.69) is 5.32 Å². The Bertz CT molecular complexity index is 1180. The number of nitrogens with zero attached hydrogens (tertiary/aromatic N) is 1. The number of nitrogens with one attached hydrogen (secondary N) is 1. The molecule has 3 aromatic rings. The smallest absolute Gasteiger partial charge is 0.252 e. The summed E-state index contributed by atoms with van der Waals surface area (Å²) in [6, 6.07) is 13.9. The Morgan fingerprint density at radius 3 is 2.68 bits per heavy atom. The summed E-state index contributed by atoms with van der Waals surface area (Å²) in [7, 11) is 0. The number of hydrogen-bond acceptors (Lipinski definition) is 4. The van der Waals surface area contributed by atoms with Gasteiger partial charge in [0.15, 0.2) is 11.5 Å². The predicted molar refractivity (Wildman–Crippen MR) is 120 cm³/mol. The first-order chi connectivity index (χ1) is 15.0. The maximum absolute atomic E-state index is 12.6. The summed E-state index contributed by atoms with van der Waals surface area (Å²) in [6.07, 6.45) is 2.11. The average Bonchev–Trinajstić information content (AvgIpc) is 2.77. The van der Waals surface area contributed by atoms with Crippen molar-refractivity contribution in [3.63, 3.8) is 0 Å². The molecule has 0 fully saturated rings. The highest BCUT2D eigenvalue weighted by Crippen LogP contribution is 2.38. The third-order valence-electron chi connectivity index (χ3n) is 4.90. The van der Waals surface area contributed by atoms with Gasteiger partial charge in [0.25, 0.3) is 11.5 Å². The number of halogens is 2. The van der Waals surface area contributed by atoms with Crippen molar-refractivity contribution in [3.05, 3.63) is 91.8 Å². The first-order valence-corrected chi connectivity index (χ1v) is 10.6. The molecule has 0 radical (unpaired) electrons. The molecule has 0 saturated carbocycles. The van der Waals surface area contributed by atoms with Gasteiger partial charge in [0, 0.05) is 23.8 Å². The van der Waals surface area contributed by atoms with Crippen molar-refractivity contribution in [2.45, 2.75) is 13.0 Å². The zero-order valence-corrected chi connectivity index (χ0v) is 18.1. The van der Waals surface area contributed by atoms with Crippen molar-refractivity contribution in [3.8, 4) is 11.5 Å². The van der Waals surface area contributed by atoms with E-state index < -0.39 is 0 Å². The van der Waals surface area contributed by atoms with Gasteiger partial charge in [-0.3, -0.25) is 9.59 Å². The number of hydrogen-bond donors (Lipinski definition) is 1. The van der Waals surface area contributed by atoms with Crippen molar-refractivity contribution in [1.82, 2.24) is 9.88 Å². The number of rotatable bonds is 6. The van der Waals surface area contributed by atoms with Crippen LogP contribution in [-0.2, 0) is 13.0 Å². The first kappa shape index (κ1) is 21.3. The molecule has 1 amide bonds. The second-order valence-electron chi connectivity index (χ2n) is 7.08. The van der Waals surface area contributed by atoms with Crippen LogP contribution in [0, 0.1) is 0 Å². The summed E-state index contributed by atoms with van der Waals surface area (Å²) in [4.78, 5) is 24.8. The maximum atomic E-state index is 12.6. The first-order valence-electron chi connectivity index (χ1n) is 9.81. The molecule has 6 nitrogen and oxygen atoms in total. The molecule has 2 heterocycles. The van der Waals surface area contributed by atoms with E-state index in [0.29, 0.717) is 53.3 Å². The van der Waals surface area contributed by atoms with Gasteiger partial charge in [-0.25, -0.2) is 0 Å². The quantitative estimate of drug-likeness (QED) is 0.606.